The molecule has 3 rings (SSSR count). The zero-order valence-electron chi connectivity index (χ0n) is 10.6. The molecular weight excluding hydrogens is 398 g/mol. The van der Waals surface area contributed by atoms with Gasteiger partial charge in [0.25, 0.3) is 5.91 Å². The highest BCUT2D eigenvalue weighted by atomic mass is 35.5. The molecule has 0 saturated heterocycles. The summed E-state index contributed by atoms with van der Waals surface area (Å²) >= 11 is 15.3. The van der Waals surface area contributed by atoms with Crippen LogP contribution in [0, 0.1) is 0 Å². The van der Waals surface area contributed by atoms with Crippen LogP contribution in [0.5, 0.6) is 0 Å². The fourth-order valence-corrected chi connectivity index (χ4v) is 3.86. The summed E-state index contributed by atoms with van der Waals surface area (Å²) < 4.78 is 53.1. The molecule has 0 bridgehead atoms. The second-order valence-corrected chi connectivity index (χ2v) is 6.76. The number of benzene rings is 1. The van der Waals surface area contributed by atoms with Crippen LogP contribution in [0.1, 0.15) is 16.1 Å². The van der Waals surface area contributed by atoms with Crippen LogP contribution in [0.15, 0.2) is 22.1 Å². The maximum Gasteiger partial charge on any atom is 0.416 e. The van der Waals surface area contributed by atoms with Crippen molar-refractivity contribution in [3.8, 4) is 5.69 Å². The van der Waals surface area contributed by atoms with Crippen molar-refractivity contribution in [2.45, 2.75) is 16.1 Å². The second-order valence-electron chi connectivity index (χ2n) is 4.39. The van der Waals surface area contributed by atoms with Gasteiger partial charge in [0.2, 0.25) is 0 Å². The minimum atomic E-state index is -4.62. The Morgan fingerprint density at radius 1 is 1.30 bits per heavy atom. The molecule has 2 aromatic rings. The van der Waals surface area contributed by atoms with Gasteiger partial charge < -0.3 is 0 Å². The maximum atomic E-state index is 12.7. The minimum absolute atomic E-state index is 0.0818. The fraction of sp³-hybridized carbons (Fsp3) is 0.0909. The summed E-state index contributed by atoms with van der Waals surface area (Å²) in [6.07, 6.45) is -4.62. The predicted molar refractivity (Wildman–Crippen MR) is 79.7 cm³/mol. The summed E-state index contributed by atoms with van der Waals surface area (Å²) in [5.41, 5.74) is -1.26. The smallest absolute Gasteiger partial charge is 0.297 e. The first-order valence-electron chi connectivity index (χ1n) is 5.72. The molecule has 1 aliphatic heterocycles. The molecule has 0 aliphatic carbocycles. The Morgan fingerprint density at radius 2 is 1.87 bits per heavy atom. The van der Waals surface area contributed by atoms with E-state index in [9.17, 15) is 22.2 Å². The van der Waals surface area contributed by atoms with Gasteiger partial charge >= 0.3 is 6.18 Å². The Labute approximate surface area is 144 Å². The Hall–Kier alpha value is -1.23. The molecule has 1 atom stereocenters. The standard InChI is InChI=1S/C11H4Cl2F3N3O2S2/c12-4-1-3(11(14,15)16)2-5(13)7(4)19-10-8(23(10)21)6(17-19)9(20)18-22/h1-2,22H,(H,18,20). The molecule has 0 radical (unpaired) electrons. The highest BCUT2D eigenvalue weighted by Crippen LogP contribution is 2.44. The number of hydrogen-bond acceptors (Lipinski definition) is 4. The molecule has 0 spiro atoms. The number of aromatic nitrogens is 2. The molecule has 23 heavy (non-hydrogen) atoms. The lowest BCUT2D eigenvalue weighted by atomic mass is 10.2. The Bertz CT molecular complexity index is 859. The first-order chi connectivity index (χ1) is 10.7. The number of thiol groups is 1. The molecule has 1 aromatic carbocycles. The quantitative estimate of drug-likeness (QED) is 0.511. The van der Waals surface area contributed by atoms with Crippen LogP contribution in [-0.2, 0) is 17.0 Å². The summed E-state index contributed by atoms with van der Waals surface area (Å²) in [6, 6.07) is 1.36. The lowest BCUT2D eigenvalue weighted by Crippen LogP contribution is -2.16. The van der Waals surface area contributed by atoms with Gasteiger partial charge in [-0.05, 0) is 12.1 Å². The highest BCUT2D eigenvalue weighted by Gasteiger charge is 2.44. The Kier molecular flexibility index (Phi) is 3.90. The number of amides is 1. The minimum Gasteiger partial charge on any atom is -0.297 e. The highest BCUT2D eigenvalue weighted by molar-refractivity contribution is 7.91. The van der Waals surface area contributed by atoms with E-state index in [1.807, 2.05) is 4.72 Å². The van der Waals surface area contributed by atoms with Crippen molar-refractivity contribution in [3.63, 3.8) is 0 Å². The van der Waals surface area contributed by atoms with Gasteiger partial charge in [-0.1, -0.05) is 36.0 Å². The molecule has 12 heteroatoms. The lowest BCUT2D eigenvalue weighted by Gasteiger charge is -2.12. The molecular formula is C11H4Cl2F3N3O2S2. The number of alkyl halides is 3. The van der Waals surface area contributed by atoms with Crippen LogP contribution >= 0.6 is 36.0 Å². The van der Waals surface area contributed by atoms with Crippen LogP contribution in [0.2, 0.25) is 10.0 Å². The number of carbonyl (C=O) groups excluding carboxylic acids is 1. The summed E-state index contributed by atoms with van der Waals surface area (Å²) in [7, 11) is -1.58. The third kappa shape index (κ3) is 2.63. The third-order valence-electron chi connectivity index (χ3n) is 2.99. The largest absolute Gasteiger partial charge is 0.416 e. The summed E-state index contributed by atoms with van der Waals surface area (Å²) in [6.45, 7) is 0. The average molecular weight is 402 g/mol. The van der Waals surface area contributed by atoms with Crippen molar-refractivity contribution in [3.05, 3.63) is 33.4 Å². The molecule has 2 heterocycles. The van der Waals surface area contributed by atoms with Gasteiger partial charge in [-0.15, -0.1) is 0 Å². The molecule has 1 amide bonds. The summed E-state index contributed by atoms with van der Waals surface area (Å²) in [5.74, 6) is -0.701. The molecule has 1 aromatic heterocycles. The van der Waals surface area contributed by atoms with Gasteiger partial charge in [-0.25, -0.2) is 8.89 Å². The third-order valence-corrected chi connectivity index (χ3v) is 5.05. The molecule has 122 valence electrons. The van der Waals surface area contributed by atoms with Crippen LogP contribution in [0.4, 0.5) is 13.2 Å². The van der Waals surface area contributed by atoms with Crippen molar-refractivity contribution in [2.24, 2.45) is 0 Å². The summed E-state index contributed by atoms with van der Waals surface area (Å²) in [5, 5.41) is 3.38. The number of nitrogens with one attached hydrogen (secondary N) is 1. The van der Waals surface area contributed by atoms with E-state index < -0.39 is 28.4 Å². The summed E-state index contributed by atoms with van der Waals surface area (Å²) in [4.78, 5) is 11.8. The number of nitrogens with zero attached hydrogens (tertiary/aromatic N) is 2. The van der Waals surface area contributed by atoms with Crippen LogP contribution in [-0.4, -0.2) is 19.9 Å². The second kappa shape index (κ2) is 5.40. The van der Waals surface area contributed by atoms with Gasteiger partial charge in [0.1, 0.15) is 21.4 Å². The van der Waals surface area contributed by atoms with Crippen LogP contribution in [0.25, 0.3) is 5.69 Å². The van der Waals surface area contributed by atoms with E-state index in [1.165, 1.54) is 0 Å². The zero-order valence-corrected chi connectivity index (χ0v) is 13.8. The van der Waals surface area contributed by atoms with Crippen molar-refractivity contribution < 1.29 is 22.2 Å². The van der Waals surface area contributed by atoms with Gasteiger partial charge in [0.05, 0.1) is 15.6 Å². The maximum absolute atomic E-state index is 12.7. The number of fused-ring (bicyclic) bond motifs is 1. The van der Waals surface area contributed by atoms with Gasteiger partial charge in [-0.3, -0.25) is 9.52 Å². The molecule has 5 nitrogen and oxygen atoms in total. The van der Waals surface area contributed by atoms with Crippen molar-refractivity contribution in [2.75, 3.05) is 0 Å². The first-order valence-corrected chi connectivity index (χ1v) is 8.08. The number of rotatable bonds is 2. The normalized spacial score (nSPS) is 16.2. The fourth-order valence-electron chi connectivity index (χ4n) is 1.97. The lowest BCUT2D eigenvalue weighted by molar-refractivity contribution is -0.137. The van der Waals surface area contributed by atoms with E-state index in [0.29, 0.717) is 12.1 Å². The number of hydrogen-bond donors (Lipinski definition) is 2. The monoisotopic (exact) mass is 401 g/mol. The van der Waals surface area contributed by atoms with E-state index in [0.717, 1.165) is 4.68 Å². The zero-order chi connectivity index (χ0) is 17.1. The molecule has 1 unspecified atom stereocenters. The SMILES string of the molecule is O=C(NS)c1nn(-c2c(Cl)cc(C(F)(F)F)cc2Cl)c2c1S2=O. The molecule has 1 aliphatic rings. The van der Waals surface area contributed by atoms with Crippen LogP contribution in [0.3, 0.4) is 0 Å². The van der Waals surface area contributed by atoms with Crippen molar-refractivity contribution in [1.82, 2.24) is 14.5 Å². The van der Waals surface area contributed by atoms with E-state index >= 15 is 0 Å². The Balaban J connectivity index is 2.17. The topological polar surface area (TPSA) is 64.0 Å². The van der Waals surface area contributed by atoms with E-state index in [4.69, 9.17) is 23.2 Å². The number of carbonyl (C=O) groups is 1. The first kappa shape index (κ1) is 16.6. The van der Waals surface area contributed by atoms with E-state index in [1.54, 1.807) is 0 Å². The molecule has 1 N–H and O–H groups in total. The van der Waals surface area contributed by atoms with E-state index in [-0.39, 0.29) is 31.3 Å². The molecule has 0 fully saturated rings. The van der Waals surface area contributed by atoms with Gasteiger partial charge in [-0.2, -0.15) is 18.3 Å². The van der Waals surface area contributed by atoms with Crippen LogP contribution < -0.4 is 4.72 Å². The van der Waals surface area contributed by atoms with Crippen molar-refractivity contribution >= 4 is 52.7 Å². The van der Waals surface area contributed by atoms with Gasteiger partial charge in [0, 0.05) is 0 Å². The van der Waals surface area contributed by atoms with Crippen molar-refractivity contribution in [1.29, 1.82) is 0 Å². The predicted octanol–water partition coefficient (Wildman–Crippen LogP) is 3.25. The van der Waals surface area contributed by atoms with Gasteiger partial charge in [0.15, 0.2) is 10.7 Å². The Morgan fingerprint density at radius 3 is 2.35 bits per heavy atom. The average Bonchev–Trinajstić information content (AvgIpc) is 2.93. The molecule has 0 saturated carbocycles. The van der Waals surface area contributed by atoms with E-state index in [2.05, 4.69) is 17.9 Å². The number of halogens is 5.